The molecule has 0 aromatic carbocycles. The van der Waals surface area contributed by atoms with Crippen molar-refractivity contribution in [2.75, 3.05) is 12.3 Å². The van der Waals surface area contributed by atoms with Crippen LogP contribution >= 0.6 is 0 Å². The minimum absolute atomic E-state index is 0. The van der Waals surface area contributed by atoms with Crippen LogP contribution in [0.1, 0.15) is 116 Å². The van der Waals surface area contributed by atoms with Crippen LogP contribution in [0.5, 0.6) is 0 Å². The van der Waals surface area contributed by atoms with Gasteiger partial charge in [0.1, 0.15) is 24.1 Å². The number of rotatable bonds is 17. The van der Waals surface area contributed by atoms with E-state index in [4.69, 9.17) is 15.6 Å². The van der Waals surface area contributed by atoms with Gasteiger partial charge in [0.05, 0.1) is 6.61 Å². The summed E-state index contributed by atoms with van der Waals surface area (Å²) >= 11 is 0. The Hall–Kier alpha value is -0.480. The summed E-state index contributed by atoms with van der Waals surface area (Å²) in [5, 5.41) is 28.2. The molecule has 0 radical (unpaired) electrons. The van der Waals surface area contributed by atoms with Gasteiger partial charge in [0.2, 0.25) is 0 Å². The number of aliphatic hydroxyl groups is 3. The monoisotopic (exact) mass is 519 g/mol. The number of hydrogen-bond donors (Lipinski definition) is 4. The first-order chi connectivity index (χ1) is 17.0. The standard InChI is InChI=1S/C18H37.C9H13N3O5.Na/c1-3-5-7-9-11-13-15-17-18-16-14-12-10-8-6-4-2;10-5-1-2-12(9(16)11-5)8-7(15)6(14)4(3-13)17-8;/h1,3-18H2,2H3;1-2,4,6-8,13-15H,3H2,(H2,10,11,16);/q-1;;+1/t;4-,6-,7+,8-;/m.1./s1. The number of anilines is 1. The number of nitrogen functional groups attached to an aromatic ring is 1. The minimum Gasteiger partial charge on any atom is -0.394 e. The van der Waals surface area contributed by atoms with E-state index in [1.165, 1.54) is 109 Å². The summed E-state index contributed by atoms with van der Waals surface area (Å²) < 4.78 is 6.19. The molecule has 0 bridgehead atoms. The predicted octanol–water partition coefficient (Wildman–Crippen LogP) is 1.52. The first-order valence-corrected chi connectivity index (χ1v) is 13.7. The number of aromatic nitrogens is 2. The van der Waals surface area contributed by atoms with Gasteiger partial charge in [0.15, 0.2) is 6.23 Å². The Labute approximate surface area is 240 Å². The molecule has 0 unspecified atom stereocenters. The molecular formula is C27H50N3NaO5. The van der Waals surface area contributed by atoms with Crippen LogP contribution in [-0.2, 0) is 4.74 Å². The largest absolute Gasteiger partial charge is 1.00 e. The van der Waals surface area contributed by atoms with Crippen LogP contribution in [0.2, 0.25) is 0 Å². The second-order valence-corrected chi connectivity index (χ2v) is 9.57. The number of hydrogen-bond acceptors (Lipinski definition) is 7. The van der Waals surface area contributed by atoms with Gasteiger partial charge < -0.3 is 32.7 Å². The average Bonchev–Trinajstić information content (AvgIpc) is 3.13. The minimum atomic E-state index is -1.31. The number of ether oxygens (including phenoxy) is 1. The van der Waals surface area contributed by atoms with Crippen LogP contribution in [-0.4, -0.2) is 49.8 Å². The molecule has 2 heterocycles. The Morgan fingerprint density at radius 3 is 1.78 bits per heavy atom. The van der Waals surface area contributed by atoms with E-state index in [0.717, 1.165) is 11.0 Å². The van der Waals surface area contributed by atoms with E-state index in [9.17, 15) is 15.0 Å². The van der Waals surface area contributed by atoms with Gasteiger partial charge in [-0.25, -0.2) is 4.79 Å². The van der Waals surface area contributed by atoms with Gasteiger partial charge in [-0.05, 0) is 6.07 Å². The molecule has 204 valence electrons. The van der Waals surface area contributed by atoms with Crippen LogP contribution in [0.4, 0.5) is 5.82 Å². The molecule has 1 aliphatic heterocycles. The van der Waals surface area contributed by atoms with Crippen LogP contribution in [0.25, 0.3) is 0 Å². The smallest absolute Gasteiger partial charge is 0.394 e. The van der Waals surface area contributed by atoms with Gasteiger partial charge in [-0.3, -0.25) is 4.57 Å². The molecule has 0 aliphatic carbocycles. The van der Waals surface area contributed by atoms with Crippen molar-refractivity contribution in [3.8, 4) is 0 Å². The second-order valence-electron chi connectivity index (χ2n) is 9.57. The third kappa shape index (κ3) is 14.5. The van der Waals surface area contributed by atoms with E-state index in [1.807, 2.05) is 0 Å². The van der Waals surface area contributed by atoms with Crippen molar-refractivity contribution in [1.29, 1.82) is 0 Å². The average molecular weight is 520 g/mol. The Kier molecular flexibility index (Phi) is 22.2. The molecule has 1 aromatic rings. The number of aliphatic hydroxyl groups excluding tert-OH is 3. The fourth-order valence-corrected chi connectivity index (χ4v) is 4.28. The molecule has 1 saturated heterocycles. The summed E-state index contributed by atoms with van der Waals surface area (Å²) in [6.45, 7) is 5.72. The molecule has 8 nitrogen and oxygen atoms in total. The van der Waals surface area contributed by atoms with Gasteiger partial charge >= 0.3 is 35.2 Å². The molecule has 0 spiro atoms. The fraction of sp³-hybridized carbons (Fsp3) is 0.815. The maximum absolute atomic E-state index is 11.5. The molecule has 4 atom stereocenters. The summed E-state index contributed by atoms with van der Waals surface area (Å²) in [5.74, 6) is 0.0537. The summed E-state index contributed by atoms with van der Waals surface area (Å²) in [5.41, 5.74) is 4.63. The quantitative estimate of drug-likeness (QED) is 0.139. The summed E-state index contributed by atoms with van der Waals surface area (Å²) in [4.78, 5) is 15.0. The normalized spacial score (nSPS) is 21.0. The molecule has 2 rings (SSSR count). The molecule has 1 aliphatic rings. The first kappa shape index (κ1) is 35.5. The van der Waals surface area contributed by atoms with Crippen molar-refractivity contribution in [3.05, 3.63) is 29.7 Å². The zero-order valence-corrected chi connectivity index (χ0v) is 24.8. The SMILES string of the molecule is Nc1ccn([C@@H]2O[C@H](CO)[C@@H](O)[C@@H]2O)c(=O)n1.[CH2-]CCCCCCCCCCCCCCCCC.[Na+]. The zero-order chi connectivity index (χ0) is 25.9. The van der Waals surface area contributed by atoms with Crippen molar-refractivity contribution < 1.29 is 49.6 Å². The summed E-state index contributed by atoms with van der Waals surface area (Å²) in [6, 6.07) is 1.37. The Morgan fingerprint density at radius 1 is 0.917 bits per heavy atom. The molecule has 36 heavy (non-hydrogen) atoms. The van der Waals surface area contributed by atoms with E-state index in [0.29, 0.717) is 0 Å². The van der Waals surface area contributed by atoms with E-state index in [2.05, 4.69) is 18.8 Å². The van der Waals surface area contributed by atoms with Crippen molar-refractivity contribution in [2.45, 2.75) is 134 Å². The molecule has 0 saturated carbocycles. The maximum Gasteiger partial charge on any atom is 1.00 e. The summed E-state index contributed by atoms with van der Waals surface area (Å²) in [6.07, 6.45) is 19.6. The summed E-state index contributed by atoms with van der Waals surface area (Å²) in [7, 11) is 0. The fourth-order valence-electron chi connectivity index (χ4n) is 4.28. The zero-order valence-electron chi connectivity index (χ0n) is 22.8. The van der Waals surface area contributed by atoms with Crippen LogP contribution in [0.3, 0.4) is 0 Å². The molecule has 5 N–H and O–H groups in total. The van der Waals surface area contributed by atoms with Crippen molar-refractivity contribution in [1.82, 2.24) is 9.55 Å². The predicted molar refractivity (Wildman–Crippen MR) is 141 cm³/mol. The van der Waals surface area contributed by atoms with Gasteiger partial charge in [0, 0.05) is 6.20 Å². The van der Waals surface area contributed by atoms with Crippen LogP contribution < -0.4 is 41.0 Å². The van der Waals surface area contributed by atoms with E-state index < -0.39 is 36.8 Å². The van der Waals surface area contributed by atoms with Gasteiger partial charge in [-0.15, -0.1) is 0 Å². The van der Waals surface area contributed by atoms with E-state index in [1.54, 1.807) is 0 Å². The van der Waals surface area contributed by atoms with Crippen molar-refractivity contribution in [2.24, 2.45) is 0 Å². The molecule has 0 amide bonds. The second kappa shape index (κ2) is 22.5. The Morgan fingerprint density at radius 2 is 1.39 bits per heavy atom. The maximum atomic E-state index is 11.5. The Bertz CT molecular complexity index is 690. The molecule has 1 fully saturated rings. The topological polar surface area (TPSA) is 131 Å². The third-order valence-corrected chi connectivity index (χ3v) is 6.50. The molecular weight excluding hydrogens is 469 g/mol. The van der Waals surface area contributed by atoms with E-state index >= 15 is 0 Å². The van der Waals surface area contributed by atoms with Crippen molar-refractivity contribution >= 4 is 5.82 Å². The van der Waals surface area contributed by atoms with Gasteiger partial charge in [0.25, 0.3) is 0 Å². The first-order valence-electron chi connectivity index (χ1n) is 13.7. The third-order valence-electron chi connectivity index (χ3n) is 6.50. The number of unbranched alkanes of at least 4 members (excludes halogenated alkanes) is 15. The molecule has 9 heteroatoms. The van der Waals surface area contributed by atoms with E-state index in [-0.39, 0.29) is 35.4 Å². The van der Waals surface area contributed by atoms with Crippen LogP contribution in [0.15, 0.2) is 17.1 Å². The van der Waals surface area contributed by atoms with Gasteiger partial charge in [-0.1, -0.05) is 103 Å². The van der Waals surface area contributed by atoms with Crippen molar-refractivity contribution in [3.63, 3.8) is 0 Å². The van der Waals surface area contributed by atoms with Gasteiger partial charge in [-0.2, -0.15) is 11.4 Å². The molecule has 1 aromatic heterocycles. The Balaban J connectivity index is 0.000000662. The number of nitrogens with zero attached hydrogens (tertiary/aromatic N) is 2. The van der Waals surface area contributed by atoms with Crippen LogP contribution in [0, 0.1) is 6.92 Å². The number of nitrogens with two attached hydrogens (primary N) is 1.